The van der Waals surface area contributed by atoms with Crippen LogP contribution in [-0.2, 0) is 28.2 Å². The van der Waals surface area contributed by atoms with Gasteiger partial charge in [-0.2, -0.15) is 0 Å². The molecule has 2 aromatic rings. The second-order valence-electron chi connectivity index (χ2n) is 10.9. The molecule has 1 saturated carbocycles. The van der Waals surface area contributed by atoms with Gasteiger partial charge in [0.1, 0.15) is 11.6 Å². The van der Waals surface area contributed by atoms with Gasteiger partial charge < -0.3 is 25.5 Å². The Morgan fingerprint density at radius 1 is 1.15 bits per heavy atom. The number of carbonyl (C=O) groups excluding carboxylic acids is 3. The Balaban J connectivity index is 1.76. The summed E-state index contributed by atoms with van der Waals surface area (Å²) in [6.07, 6.45) is 2.06. The third-order valence-electron chi connectivity index (χ3n) is 7.49. The molecule has 3 aliphatic rings. The summed E-state index contributed by atoms with van der Waals surface area (Å²) in [5.41, 5.74) is -2.20. The van der Waals surface area contributed by atoms with Crippen molar-refractivity contribution in [3.05, 3.63) is 55.9 Å². The lowest BCUT2D eigenvalue weighted by Gasteiger charge is -2.43. The number of aromatic hydroxyl groups is 1. The molecule has 5 rings (SSSR count). The van der Waals surface area contributed by atoms with Gasteiger partial charge in [0.05, 0.1) is 10.0 Å². The first-order valence-corrected chi connectivity index (χ1v) is 13.3. The summed E-state index contributed by atoms with van der Waals surface area (Å²) in [5, 5.41) is 16.2. The lowest BCUT2D eigenvalue weighted by atomic mass is 9.68. The lowest BCUT2D eigenvalue weighted by molar-refractivity contribution is -0.145. The maximum atomic E-state index is 13.6. The molecule has 1 aromatic carbocycles. The lowest BCUT2D eigenvalue weighted by Crippen LogP contribution is -2.54. The minimum atomic E-state index is -1.18. The van der Waals surface area contributed by atoms with Crippen molar-refractivity contribution in [1.29, 1.82) is 0 Å². The second-order valence-corrected chi connectivity index (χ2v) is 11.8. The zero-order valence-corrected chi connectivity index (χ0v) is 23.9. The molecule has 3 N–H and O–H groups in total. The molecule has 0 radical (unpaired) electrons. The molecular formula is C26H32BrFN6O5. The zero-order valence-electron chi connectivity index (χ0n) is 22.3. The summed E-state index contributed by atoms with van der Waals surface area (Å²) in [4.78, 5) is 59.7. The Labute approximate surface area is 233 Å². The number of benzene rings is 1. The van der Waals surface area contributed by atoms with Crippen molar-refractivity contribution in [3.8, 4) is 5.75 Å². The minimum Gasteiger partial charge on any atom is -0.501 e. The average molecular weight is 607 g/mol. The van der Waals surface area contributed by atoms with Crippen molar-refractivity contribution in [2.75, 3.05) is 34.7 Å². The molecule has 1 aromatic heterocycles. The van der Waals surface area contributed by atoms with Gasteiger partial charge in [-0.3, -0.25) is 23.7 Å². The van der Waals surface area contributed by atoms with Crippen molar-refractivity contribution in [3.63, 3.8) is 0 Å². The van der Waals surface area contributed by atoms with Gasteiger partial charge in [0.2, 0.25) is 5.75 Å². The highest BCUT2D eigenvalue weighted by Crippen LogP contribution is 2.49. The number of hydrogen-bond acceptors (Lipinski definition) is 7. The van der Waals surface area contributed by atoms with Gasteiger partial charge in [-0.25, -0.2) is 9.37 Å². The molecule has 3 amide bonds. The van der Waals surface area contributed by atoms with E-state index in [1.54, 1.807) is 0 Å². The maximum Gasteiger partial charge on any atom is 0.311 e. The van der Waals surface area contributed by atoms with Gasteiger partial charge in [-0.1, -0.05) is 6.07 Å². The van der Waals surface area contributed by atoms with E-state index in [4.69, 9.17) is 0 Å². The number of nitrogens with zero attached hydrogens (tertiary/aromatic N) is 4. The quantitative estimate of drug-likeness (QED) is 0.422. The van der Waals surface area contributed by atoms with Crippen LogP contribution in [0.2, 0.25) is 0 Å². The smallest absolute Gasteiger partial charge is 0.311 e. The van der Waals surface area contributed by atoms with E-state index >= 15 is 0 Å². The number of fused-ring (bicyclic) bond motifs is 2. The largest absolute Gasteiger partial charge is 0.501 e. The topological polar surface area (TPSA) is 137 Å². The van der Waals surface area contributed by atoms with E-state index in [2.05, 4.69) is 31.5 Å². The van der Waals surface area contributed by atoms with Gasteiger partial charge in [-0.15, -0.1) is 0 Å². The van der Waals surface area contributed by atoms with Crippen molar-refractivity contribution in [2.24, 2.45) is 5.41 Å². The number of aromatic nitrogens is 2. The summed E-state index contributed by atoms with van der Waals surface area (Å²) < 4.78 is 15.1. The van der Waals surface area contributed by atoms with Gasteiger partial charge >= 0.3 is 11.8 Å². The molecule has 2 aliphatic heterocycles. The monoisotopic (exact) mass is 606 g/mol. The van der Waals surface area contributed by atoms with Gasteiger partial charge in [0.15, 0.2) is 5.69 Å². The molecule has 0 atom stereocenters. The number of carbonyl (C=O) groups is 3. The van der Waals surface area contributed by atoms with Crippen LogP contribution < -0.4 is 16.2 Å². The first-order chi connectivity index (χ1) is 18.3. The van der Waals surface area contributed by atoms with E-state index in [0.29, 0.717) is 37.8 Å². The molecule has 0 spiro atoms. The highest BCUT2D eigenvalue weighted by molar-refractivity contribution is 9.10. The fourth-order valence-electron chi connectivity index (χ4n) is 5.59. The molecule has 0 saturated heterocycles. The Hall–Kier alpha value is -3.32. The number of rotatable bonds is 6. The van der Waals surface area contributed by atoms with Crippen LogP contribution >= 0.6 is 15.9 Å². The molecule has 0 unspecified atom stereocenters. The SMILES string of the molecule is CN(C)CC12CCC(NC(=O)C(=O)N(C)C)(CC1)c1nc(C(=O)NCc3ccc(F)c(Br)c3)c(O)c(=O)n1C2. The molecule has 11 nitrogen and oxygen atoms in total. The van der Waals surface area contributed by atoms with Crippen LogP contribution in [0.3, 0.4) is 0 Å². The Bertz CT molecular complexity index is 1380. The van der Waals surface area contributed by atoms with Crippen LogP contribution in [-0.4, -0.2) is 76.9 Å². The van der Waals surface area contributed by atoms with E-state index in [9.17, 15) is 28.7 Å². The Kier molecular flexibility index (Phi) is 7.86. The third-order valence-corrected chi connectivity index (χ3v) is 8.10. The first-order valence-electron chi connectivity index (χ1n) is 12.5. The molecule has 1 aliphatic carbocycles. The normalized spacial score (nSPS) is 21.7. The van der Waals surface area contributed by atoms with Gasteiger partial charge in [-0.05, 0) is 73.4 Å². The van der Waals surface area contributed by atoms with Gasteiger partial charge in [0, 0.05) is 39.1 Å². The maximum absolute atomic E-state index is 13.6. The fourth-order valence-corrected chi connectivity index (χ4v) is 6.01. The van der Waals surface area contributed by atoms with Crippen molar-refractivity contribution in [2.45, 2.75) is 44.3 Å². The Morgan fingerprint density at radius 3 is 2.41 bits per heavy atom. The van der Waals surface area contributed by atoms with E-state index in [1.165, 1.54) is 36.9 Å². The van der Waals surface area contributed by atoms with Crippen molar-refractivity contribution < 1.29 is 23.9 Å². The van der Waals surface area contributed by atoms with Crippen molar-refractivity contribution >= 4 is 33.7 Å². The molecule has 1 fully saturated rings. The fraction of sp³-hybridized carbons (Fsp3) is 0.500. The molecule has 210 valence electrons. The zero-order chi connectivity index (χ0) is 28.7. The van der Waals surface area contributed by atoms with Crippen LogP contribution in [0.15, 0.2) is 27.5 Å². The summed E-state index contributed by atoms with van der Waals surface area (Å²) in [5.74, 6) is -3.52. The predicted molar refractivity (Wildman–Crippen MR) is 143 cm³/mol. The van der Waals surface area contributed by atoms with E-state index in [1.807, 2.05) is 19.0 Å². The first kappa shape index (κ1) is 28.7. The minimum absolute atomic E-state index is 0.0115. The van der Waals surface area contributed by atoms with E-state index in [-0.39, 0.29) is 28.8 Å². The molecule has 39 heavy (non-hydrogen) atoms. The highest BCUT2D eigenvalue weighted by Gasteiger charge is 2.52. The number of likely N-dealkylation sites (N-methyl/N-ethyl adjacent to an activating group) is 1. The van der Waals surface area contributed by atoms with E-state index in [0.717, 1.165) is 4.90 Å². The average Bonchev–Trinajstić information content (AvgIpc) is 3.08. The molecule has 2 bridgehead atoms. The van der Waals surface area contributed by atoms with Crippen LogP contribution in [0.5, 0.6) is 5.75 Å². The van der Waals surface area contributed by atoms with Crippen LogP contribution in [0, 0.1) is 11.2 Å². The molecular weight excluding hydrogens is 575 g/mol. The summed E-state index contributed by atoms with van der Waals surface area (Å²) >= 11 is 3.10. The van der Waals surface area contributed by atoms with Gasteiger partial charge in [0.25, 0.3) is 11.5 Å². The van der Waals surface area contributed by atoms with Crippen molar-refractivity contribution in [1.82, 2.24) is 30.0 Å². The van der Waals surface area contributed by atoms with E-state index < -0.39 is 46.1 Å². The molecule has 3 heterocycles. The standard InChI is InChI=1S/C26H32BrFN6O5/c1-32(2)13-25-7-9-26(10-8-25,31-21(37)23(39)33(3)4)24-30-18(19(35)22(38)34(24)14-25)20(36)29-12-15-5-6-17(28)16(27)11-15/h5-6,11,35H,7-10,12-14H2,1-4H3,(H,29,36)(H,31,37). The Morgan fingerprint density at radius 2 is 1.82 bits per heavy atom. The number of amides is 3. The summed E-state index contributed by atoms with van der Waals surface area (Å²) in [6.45, 7) is 0.892. The van der Waals surface area contributed by atoms with Crippen LogP contribution in [0.1, 0.15) is 47.6 Å². The molecule has 13 heteroatoms. The number of hydrogen-bond donors (Lipinski definition) is 3. The number of halogens is 2. The number of nitrogens with one attached hydrogen (secondary N) is 2. The summed E-state index contributed by atoms with van der Waals surface area (Å²) in [7, 11) is 6.80. The highest BCUT2D eigenvalue weighted by atomic mass is 79.9. The summed E-state index contributed by atoms with van der Waals surface area (Å²) in [6, 6.07) is 4.25. The van der Waals surface area contributed by atoms with Crippen LogP contribution in [0.25, 0.3) is 0 Å². The third kappa shape index (κ3) is 5.55. The van der Waals surface area contributed by atoms with Crippen LogP contribution in [0.4, 0.5) is 4.39 Å². The predicted octanol–water partition coefficient (Wildman–Crippen LogP) is 1.32. The second kappa shape index (κ2) is 10.7.